The molecule has 4 rings (SSSR count). The first-order valence-corrected chi connectivity index (χ1v) is 8.94. The Balaban J connectivity index is 1.59. The molecule has 1 heterocycles. The maximum Gasteiger partial charge on any atom is 0.344 e. The average molecular weight is 390 g/mol. The maximum atomic E-state index is 12.3. The molecular formula is C23H18O6. The average Bonchev–Trinajstić information content (AvgIpc) is 2.77. The first-order valence-electron chi connectivity index (χ1n) is 8.94. The van der Waals surface area contributed by atoms with Gasteiger partial charge in [-0.15, -0.1) is 0 Å². The molecule has 3 aromatic carbocycles. The molecule has 6 heteroatoms. The van der Waals surface area contributed by atoms with Crippen LogP contribution in [0.15, 0.2) is 69.9 Å². The van der Waals surface area contributed by atoms with Gasteiger partial charge in [0.2, 0.25) is 0 Å². The van der Waals surface area contributed by atoms with Gasteiger partial charge in [0.25, 0.3) is 0 Å². The number of ether oxygens (including phenoxy) is 3. The van der Waals surface area contributed by atoms with E-state index in [0.717, 1.165) is 10.8 Å². The predicted octanol–water partition coefficient (Wildman–Crippen LogP) is 4.23. The van der Waals surface area contributed by atoms with Gasteiger partial charge in [-0.05, 0) is 54.6 Å². The Morgan fingerprint density at radius 2 is 1.45 bits per heavy atom. The number of hydrogen-bond acceptors (Lipinski definition) is 6. The molecule has 0 saturated carbocycles. The maximum absolute atomic E-state index is 12.3. The van der Waals surface area contributed by atoms with Gasteiger partial charge in [-0.1, -0.05) is 0 Å². The van der Waals surface area contributed by atoms with Crippen LogP contribution in [0.2, 0.25) is 0 Å². The molecule has 29 heavy (non-hydrogen) atoms. The van der Waals surface area contributed by atoms with Gasteiger partial charge < -0.3 is 18.6 Å². The third-order valence-electron chi connectivity index (χ3n) is 4.67. The van der Waals surface area contributed by atoms with Gasteiger partial charge in [0.15, 0.2) is 12.4 Å². The molecule has 0 radical (unpaired) electrons. The van der Waals surface area contributed by atoms with Gasteiger partial charge in [-0.3, -0.25) is 4.79 Å². The van der Waals surface area contributed by atoms with Gasteiger partial charge in [0, 0.05) is 22.4 Å². The van der Waals surface area contributed by atoms with Gasteiger partial charge in [-0.2, -0.15) is 0 Å². The minimum Gasteiger partial charge on any atom is -0.497 e. The van der Waals surface area contributed by atoms with Crippen molar-refractivity contribution in [2.45, 2.75) is 0 Å². The van der Waals surface area contributed by atoms with E-state index in [1.54, 1.807) is 68.8 Å². The summed E-state index contributed by atoms with van der Waals surface area (Å²) in [4.78, 5) is 24.7. The van der Waals surface area contributed by atoms with Crippen LogP contribution in [0.3, 0.4) is 0 Å². The predicted molar refractivity (Wildman–Crippen MR) is 109 cm³/mol. The summed E-state index contributed by atoms with van der Waals surface area (Å²) in [5.74, 6) is 1.54. The Morgan fingerprint density at radius 1 is 0.793 bits per heavy atom. The molecule has 0 unspecified atom stereocenters. The highest BCUT2D eigenvalue weighted by Gasteiger charge is 2.11. The van der Waals surface area contributed by atoms with Gasteiger partial charge in [0.1, 0.15) is 22.8 Å². The number of Topliss-reactive ketones (excluding diaryl/α,β-unsaturated/α-hetero) is 1. The smallest absolute Gasteiger partial charge is 0.344 e. The summed E-state index contributed by atoms with van der Waals surface area (Å²) in [5, 5.41) is 1.98. The number of benzene rings is 3. The Morgan fingerprint density at radius 3 is 2.17 bits per heavy atom. The Bertz CT molecular complexity index is 1250. The third-order valence-corrected chi connectivity index (χ3v) is 4.67. The van der Waals surface area contributed by atoms with Gasteiger partial charge >= 0.3 is 5.63 Å². The zero-order chi connectivity index (χ0) is 20.4. The fraction of sp³-hybridized carbons (Fsp3) is 0.130. The first kappa shape index (κ1) is 18.6. The lowest BCUT2D eigenvalue weighted by molar-refractivity contribution is 0.0921. The summed E-state index contributed by atoms with van der Waals surface area (Å²) >= 11 is 0. The van der Waals surface area contributed by atoms with Crippen LogP contribution in [-0.2, 0) is 0 Å². The summed E-state index contributed by atoms with van der Waals surface area (Å²) in [6, 6.07) is 17.2. The van der Waals surface area contributed by atoms with Crippen molar-refractivity contribution in [2.24, 2.45) is 0 Å². The van der Waals surface area contributed by atoms with E-state index in [1.165, 1.54) is 0 Å². The van der Waals surface area contributed by atoms with E-state index < -0.39 is 5.63 Å². The van der Waals surface area contributed by atoms with Crippen LogP contribution in [0.4, 0.5) is 0 Å². The third kappa shape index (κ3) is 3.65. The van der Waals surface area contributed by atoms with Gasteiger partial charge in [-0.25, -0.2) is 4.79 Å². The van der Waals surface area contributed by atoms with Crippen molar-refractivity contribution in [2.75, 3.05) is 20.8 Å². The van der Waals surface area contributed by atoms with Crippen molar-refractivity contribution in [1.29, 1.82) is 0 Å². The quantitative estimate of drug-likeness (QED) is 0.279. The van der Waals surface area contributed by atoms with E-state index in [1.807, 2.05) is 6.07 Å². The Labute approximate surface area is 166 Å². The zero-order valence-corrected chi connectivity index (χ0v) is 15.9. The normalized spacial score (nSPS) is 10.8. The minimum absolute atomic E-state index is 0.132. The molecule has 6 nitrogen and oxygen atoms in total. The number of rotatable bonds is 6. The fourth-order valence-corrected chi connectivity index (χ4v) is 3.12. The first-order chi connectivity index (χ1) is 14.1. The van der Waals surface area contributed by atoms with Gasteiger partial charge in [0.05, 0.1) is 19.6 Å². The Kier molecular flexibility index (Phi) is 4.91. The minimum atomic E-state index is -0.460. The molecule has 0 spiro atoms. The molecule has 0 fully saturated rings. The van der Waals surface area contributed by atoms with E-state index >= 15 is 0 Å². The SMILES string of the molecule is COc1ccc(C(=O)COc2ccc3c(c2)oc(=O)c2cc(OC)ccc23)cc1. The number of hydrogen-bond donors (Lipinski definition) is 0. The van der Waals surface area contributed by atoms with Crippen molar-refractivity contribution in [1.82, 2.24) is 0 Å². The van der Waals surface area contributed by atoms with Crippen molar-refractivity contribution >= 4 is 27.5 Å². The highest BCUT2D eigenvalue weighted by Crippen LogP contribution is 2.28. The topological polar surface area (TPSA) is 75.0 Å². The fourth-order valence-electron chi connectivity index (χ4n) is 3.12. The molecule has 1 aromatic heterocycles. The van der Waals surface area contributed by atoms with E-state index in [2.05, 4.69) is 0 Å². The summed E-state index contributed by atoms with van der Waals surface area (Å²) in [6.07, 6.45) is 0. The number of fused-ring (bicyclic) bond motifs is 3. The van der Waals surface area contributed by atoms with Crippen LogP contribution in [-0.4, -0.2) is 26.6 Å². The van der Waals surface area contributed by atoms with Crippen LogP contribution >= 0.6 is 0 Å². The van der Waals surface area contributed by atoms with Crippen LogP contribution in [0.1, 0.15) is 10.4 Å². The second-order valence-corrected chi connectivity index (χ2v) is 6.40. The van der Waals surface area contributed by atoms with Crippen LogP contribution in [0.25, 0.3) is 21.7 Å². The monoisotopic (exact) mass is 390 g/mol. The van der Waals surface area contributed by atoms with Crippen molar-refractivity contribution < 1.29 is 23.4 Å². The molecular weight excluding hydrogens is 372 g/mol. The second kappa shape index (κ2) is 7.67. The Hall–Kier alpha value is -3.80. The van der Waals surface area contributed by atoms with Crippen molar-refractivity contribution in [3.8, 4) is 17.2 Å². The second-order valence-electron chi connectivity index (χ2n) is 6.40. The lowest BCUT2D eigenvalue weighted by atomic mass is 10.1. The molecule has 0 bridgehead atoms. The van der Waals surface area contributed by atoms with Crippen LogP contribution in [0.5, 0.6) is 17.2 Å². The highest BCUT2D eigenvalue weighted by molar-refractivity contribution is 6.05. The van der Waals surface area contributed by atoms with Crippen LogP contribution in [0, 0.1) is 0 Å². The highest BCUT2D eigenvalue weighted by atomic mass is 16.5. The lowest BCUT2D eigenvalue weighted by Gasteiger charge is -2.08. The molecule has 146 valence electrons. The molecule has 0 amide bonds. The van der Waals surface area contributed by atoms with Crippen molar-refractivity contribution in [3.05, 3.63) is 76.6 Å². The molecule has 0 aliphatic rings. The number of ketones is 1. The molecule has 0 saturated heterocycles. The largest absolute Gasteiger partial charge is 0.497 e. The molecule has 0 atom stereocenters. The molecule has 0 N–H and O–H groups in total. The summed E-state index contributed by atoms with van der Waals surface area (Å²) < 4.78 is 21.3. The summed E-state index contributed by atoms with van der Waals surface area (Å²) in [7, 11) is 3.11. The standard InChI is InChI=1S/C23H18O6/c1-26-15-5-3-14(4-6-15)21(24)13-28-17-8-10-19-18-9-7-16(27-2)11-20(18)23(25)29-22(19)12-17/h3-12H,13H2,1-2H3. The van der Waals surface area contributed by atoms with E-state index in [4.69, 9.17) is 18.6 Å². The van der Waals surface area contributed by atoms with E-state index in [0.29, 0.717) is 33.8 Å². The summed E-state index contributed by atoms with van der Waals surface area (Å²) in [5.41, 5.74) is 0.456. The molecule has 0 aliphatic heterocycles. The zero-order valence-electron chi connectivity index (χ0n) is 15.9. The number of carbonyl (C=O) groups is 1. The summed E-state index contributed by atoms with van der Waals surface area (Å²) in [6.45, 7) is -0.132. The lowest BCUT2D eigenvalue weighted by Crippen LogP contribution is -2.11. The number of carbonyl (C=O) groups excluding carboxylic acids is 1. The van der Waals surface area contributed by atoms with E-state index in [-0.39, 0.29) is 12.4 Å². The van der Waals surface area contributed by atoms with Crippen molar-refractivity contribution in [3.63, 3.8) is 0 Å². The number of methoxy groups -OCH3 is 2. The van der Waals surface area contributed by atoms with Crippen LogP contribution < -0.4 is 19.8 Å². The molecule has 0 aliphatic carbocycles. The molecule has 4 aromatic rings. The van der Waals surface area contributed by atoms with E-state index in [9.17, 15) is 9.59 Å².